The first-order valence-electron chi connectivity index (χ1n) is 6.74. The zero-order chi connectivity index (χ0) is 11.4. The number of ether oxygens (including phenoxy) is 1. The lowest BCUT2D eigenvalue weighted by Gasteiger charge is -2.43. The number of carbonyl (C=O) groups is 1. The highest BCUT2D eigenvalue weighted by Gasteiger charge is 2.36. The van der Waals surface area contributed by atoms with Crippen LogP contribution in [0.2, 0.25) is 0 Å². The highest BCUT2D eigenvalue weighted by molar-refractivity contribution is 5.76. The first kappa shape index (κ1) is 11.9. The van der Waals surface area contributed by atoms with E-state index in [4.69, 9.17) is 4.74 Å². The SMILES string of the molecule is CCCCC(=O)N1CCO[C@H]2CCCC[C@H]21. The first-order chi connectivity index (χ1) is 7.83. The quantitative estimate of drug-likeness (QED) is 0.738. The fourth-order valence-corrected chi connectivity index (χ4v) is 2.88. The molecule has 16 heavy (non-hydrogen) atoms. The van der Waals surface area contributed by atoms with Gasteiger partial charge in [-0.3, -0.25) is 4.79 Å². The standard InChI is InChI=1S/C13H23NO2/c1-2-3-8-13(15)14-9-10-16-12-7-5-4-6-11(12)14/h11-12H,2-10H2,1H3/t11-,12+/m1/s1. The van der Waals surface area contributed by atoms with Crippen molar-refractivity contribution in [2.24, 2.45) is 0 Å². The van der Waals surface area contributed by atoms with Gasteiger partial charge in [0.15, 0.2) is 0 Å². The third kappa shape index (κ3) is 2.57. The average Bonchev–Trinajstić information content (AvgIpc) is 2.35. The Hall–Kier alpha value is -0.570. The van der Waals surface area contributed by atoms with Crippen molar-refractivity contribution in [3.05, 3.63) is 0 Å². The number of hydrogen-bond acceptors (Lipinski definition) is 2. The Morgan fingerprint density at radius 2 is 2.19 bits per heavy atom. The van der Waals surface area contributed by atoms with Gasteiger partial charge in [-0.2, -0.15) is 0 Å². The zero-order valence-electron chi connectivity index (χ0n) is 10.3. The van der Waals surface area contributed by atoms with Gasteiger partial charge in [-0.1, -0.05) is 26.2 Å². The summed E-state index contributed by atoms with van der Waals surface area (Å²) >= 11 is 0. The molecule has 0 N–H and O–H groups in total. The van der Waals surface area contributed by atoms with E-state index in [0.717, 1.165) is 45.3 Å². The minimum absolute atomic E-state index is 0.327. The van der Waals surface area contributed by atoms with Crippen molar-refractivity contribution >= 4 is 5.91 Å². The van der Waals surface area contributed by atoms with E-state index in [1.165, 1.54) is 12.8 Å². The molecular weight excluding hydrogens is 202 g/mol. The van der Waals surface area contributed by atoms with Crippen LogP contribution in [-0.2, 0) is 9.53 Å². The Labute approximate surface area is 98.1 Å². The van der Waals surface area contributed by atoms with Gasteiger partial charge in [-0.05, 0) is 19.3 Å². The number of unbranched alkanes of at least 4 members (excludes halogenated alkanes) is 1. The normalized spacial score (nSPS) is 29.9. The summed E-state index contributed by atoms with van der Waals surface area (Å²) in [7, 11) is 0. The third-order valence-electron chi connectivity index (χ3n) is 3.80. The molecule has 0 aromatic rings. The molecule has 1 saturated carbocycles. The van der Waals surface area contributed by atoms with Crippen LogP contribution in [0.3, 0.4) is 0 Å². The monoisotopic (exact) mass is 225 g/mol. The predicted molar refractivity (Wildman–Crippen MR) is 63.2 cm³/mol. The highest BCUT2D eigenvalue weighted by Crippen LogP contribution is 2.28. The van der Waals surface area contributed by atoms with Crippen molar-refractivity contribution in [2.45, 2.75) is 64.0 Å². The second-order valence-electron chi connectivity index (χ2n) is 4.95. The van der Waals surface area contributed by atoms with E-state index < -0.39 is 0 Å². The Balaban J connectivity index is 1.93. The summed E-state index contributed by atoms with van der Waals surface area (Å²) in [6.07, 6.45) is 7.97. The molecule has 0 aromatic heterocycles. The molecule has 0 spiro atoms. The number of carbonyl (C=O) groups excluding carboxylic acids is 1. The fourth-order valence-electron chi connectivity index (χ4n) is 2.88. The molecule has 1 amide bonds. The predicted octanol–water partition coefficient (Wildman–Crippen LogP) is 2.35. The van der Waals surface area contributed by atoms with E-state index in [0.29, 0.717) is 18.1 Å². The summed E-state index contributed by atoms with van der Waals surface area (Å²) in [6, 6.07) is 0.381. The molecule has 2 rings (SSSR count). The molecule has 0 radical (unpaired) electrons. The summed E-state index contributed by atoms with van der Waals surface area (Å²) in [5.74, 6) is 0.349. The van der Waals surface area contributed by atoms with Gasteiger partial charge in [-0.25, -0.2) is 0 Å². The lowest BCUT2D eigenvalue weighted by atomic mass is 9.90. The molecule has 1 aliphatic heterocycles. The molecule has 1 saturated heterocycles. The summed E-state index contributed by atoms with van der Waals surface area (Å²) < 4.78 is 5.77. The van der Waals surface area contributed by atoms with E-state index in [2.05, 4.69) is 11.8 Å². The molecule has 92 valence electrons. The van der Waals surface area contributed by atoms with Gasteiger partial charge in [0, 0.05) is 13.0 Å². The largest absolute Gasteiger partial charge is 0.374 e. The number of amides is 1. The molecule has 2 aliphatic rings. The van der Waals surface area contributed by atoms with E-state index in [1.54, 1.807) is 0 Å². The maximum absolute atomic E-state index is 12.1. The molecule has 2 fully saturated rings. The van der Waals surface area contributed by atoms with Gasteiger partial charge in [-0.15, -0.1) is 0 Å². The van der Waals surface area contributed by atoms with Crippen LogP contribution >= 0.6 is 0 Å². The van der Waals surface area contributed by atoms with Crippen LogP contribution in [0.1, 0.15) is 51.9 Å². The van der Waals surface area contributed by atoms with Crippen LogP contribution < -0.4 is 0 Å². The lowest BCUT2D eigenvalue weighted by Crippen LogP contribution is -2.54. The average molecular weight is 225 g/mol. The molecular formula is C13H23NO2. The molecule has 1 aliphatic carbocycles. The molecule has 3 nitrogen and oxygen atoms in total. The van der Waals surface area contributed by atoms with E-state index in [-0.39, 0.29) is 0 Å². The van der Waals surface area contributed by atoms with Crippen LogP contribution in [0.5, 0.6) is 0 Å². The number of fused-ring (bicyclic) bond motifs is 1. The smallest absolute Gasteiger partial charge is 0.222 e. The number of rotatable bonds is 3. The maximum atomic E-state index is 12.1. The minimum Gasteiger partial charge on any atom is -0.374 e. The molecule has 2 atom stereocenters. The minimum atomic E-state index is 0.327. The van der Waals surface area contributed by atoms with Crippen LogP contribution in [0, 0.1) is 0 Å². The van der Waals surface area contributed by atoms with Crippen molar-refractivity contribution in [3.8, 4) is 0 Å². The molecule has 1 heterocycles. The maximum Gasteiger partial charge on any atom is 0.222 e. The topological polar surface area (TPSA) is 29.5 Å². The van der Waals surface area contributed by atoms with Crippen LogP contribution in [0.4, 0.5) is 0 Å². The highest BCUT2D eigenvalue weighted by atomic mass is 16.5. The lowest BCUT2D eigenvalue weighted by molar-refractivity contribution is -0.149. The summed E-state index contributed by atoms with van der Waals surface area (Å²) in [6.45, 7) is 3.68. The molecule has 0 unspecified atom stereocenters. The summed E-state index contributed by atoms with van der Waals surface area (Å²) in [4.78, 5) is 14.2. The number of hydrogen-bond donors (Lipinski definition) is 0. The van der Waals surface area contributed by atoms with Gasteiger partial charge in [0.25, 0.3) is 0 Å². The van der Waals surface area contributed by atoms with Crippen molar-refractivity contribution in [1.82, 2.24) is 4.90 Å². The molecule has 3 heteroatoms. The summed E-state index contributed by atoms with van der Waals surface area (Å²) in [5.41, 5.74) is 0. The van der Waals surface area contributed by atoms with Gasteiger partial charge < -0.3 is 9.64 Å². The van der Waals surface area contributed by atoms with E-state index >= 15 is 0 Å². The third-order valence-corrected chi connectivity index (χ3v) is 3.80. The number of nitrogens with zero attached hydrogens (tertiary/aromatic N) is 1. The van der Waals surface area contributed by atoms with Gasteiger partial charge in [0.1, 0.15) is 0 Å². The van der Waals surface area contributed by atoms with E-state index in [9.17, 15) is 4.79 Å². The van der Waals surface area contributed by atoms with Gasteiger partial charge in [0.05, 0.1) is 18.8 Å². The van der Waals surface area contributed by atoms with Crippen molar-refractivity contribution in [3.63, 3.8) is 0 Å². The Bertz CT molecular complexity index is 240. The Morgan fingerprint density at radius 3 is 3.00 bits per heavy atom. The Morgan fingerprint density at radius 1 is 1.38 bits per heavy atom. The van der Waals surface area contributed by atoms with Crippen molar-refractivity contribution in [1.29, 1.82) is 0 Å². The Kier molecular flexibility index (Phi) is 4.22. The van der Waals surface area contributed by atoms with Crippen LogP contribution in [0.25, 0.3) is 0 Å². The second kappa shape index (κ2) is 5.67. The van der Waals surface area contributed by atoms with Crippen molar-refractivity contribution in [2.75, 3.05) is 13.2 Å². The van der Waals surface area contributed by atoms with E-state index in [1.807, 2.05) is 0 Å². The van der Waals surface area contributed by atoms with Gasteiger partial charge in [0.2, 0.25) is 5.91 Å². The molecule has 0 aromatic carbocycles. The number of morpholine rings is 1. The molecule has 0 bridgehead atoms. The first-order valence-corrected chi connectivity index (χ1v) is 6.74. The van der Waals surface area contributed by atoms with Gasteiger partial charge >= 0.3 is 0 Å². The second-order valence-corrected chi connectivity index (χ2v) is 4.95. The van der Waals surface area contributed by atoms with Crippen molar-refractivity contribution < 1.29 is 9.53 Å². The zero-order valence-corrected chi connectivity index (χ0v) is 10.3. The van der Waals surface area contributed by atoms with Crippen LogP contribution in [-0.4, -0.2) is 36.1 Å². The van der Waals surface area contributed by atoms with Crippen LogP contribution in [0.15, 0.2) is 0 Å². The summed E-state index contributed by atoms with van der Waals surface area (Å²) in [5, 5.41) is 0. The fraction of sp³-hybridized carbons (Fsp3) is 0.923.